The van der Waals surface area contributed by atoms with E-state index in [1.807, 2.05) is 6.92 Å². The fourth-order valence-corrected chi connectivity index (χ4v) is 2.20. The van der Waals surface area contributed by atoms with E-state index < -0.39 is 10.5 Å². The van der Waals surface area contributed by atoms with Gasteiger partial charge in [-0.1, -0.05) is 13.3 Å². The van der Waals surface area contributed by atoms with Crippen molar-refractivity contribution in [2.24, 2.45) is 0 Å². The Morgan fingerprint density at radius 1 is 1.48 bits per heavy atom. The van der Waals surface area contributed by atoms with E-state index in [4.69, 9.17) is 9.15 Å². The molecule has 1 aliphatic carbocycles. The minimum absolute atomic E-state index is 0.0342. The summed E-state index contributed by atoms with van der Waals surface area (Å²) >= 11 is 0. The first-order chi connectivity index (χ1) is 10.1. The van der Waals surface area contributed by atoms with Crippen LogP contribution in [0, 0.1) is 10.1 Å². The van der Waals surface area contributed by atoms with Crippen LogP contribution in [0.25, 0.3) is 10.9 Å². The number of nitro benzene ring substituents is 1. The van der Waals surface area contributed by atoms with Crippen molar-refractivity contribution in [3.63, 3.8) is 0 Å². The smallest absolute Gasteiger partial charge is 0.397 e. The van der Waals surface area contributed by atoms with Crippen LogP contribution in [0.4, 0.5) is 5.69 Å². The van der Waals surface area contributed by atoms with Gasteiger partial charge in [-0.2, -0.15) is 4.98 Å². The van der Waals surface area contributed by atoms with Crippen LogP contribution in [-0.4, -0.2) is 16.0 Å². The van der Waals surface area contributed by atoms with Crippen LogP contribution in [0.5, 0.6) is 6.08 Å². The highest BCUT2D eigenvalue weighted by atomic mass is 16.6. The lowest BCUT2D eigenvalue weighted by Gasteiger charge is -2.06. The molecule has 0 saturated heterocycles. The second-order valence-electron chi connectivity index (χ2n) is 5.09. The van der Waals surface area contributed by atoms with Crippen LogP contribution in [0.3, 0.4) is 0 Å². The van der Waals surface area contributed by atoms with E-state index in [0.29, 0.717) is 17.4 Å². The van der Waals surface area contributed by atoms with Crippen molar-refractivity contribution < 1.29 is 14.1 Å². The first kappa shape index (κ1) is 13.5. The molecular formula is C14H14N2O5. The monoisotopic (exact) mass is 290 g/mol. The largest absolute Gasteiger partial charge is 0.447 e. The lowest BCUT2D eigenvalue weighted by Crippen LogP contribution is -2.09. The van der Waals surface area contributed by atoms with Gasteiger partial charge in [0.2, 0.25) is 0 Å². The number of nitrogens with zero attached hydrogens (tertiary/aromatic N) is 2. The molecule has 1 heterocycles. The highest BCUT2D eigenvalue weighted by molar-refractivity contribution is 5.83. The van der Waals surface area contributed by atoms with Crippen molar-refractivity contribution >= 4 is 16.6 Å². The summed E-state index contributed by atoms with van der Waals surface area (Å²) in [5.74, 6) is 0. The number of nitro groups is 1. The number of aromatic nitrogens is 1. The molecule has 0 unspecified atom stereocenters. The minimum Gasteiger partial charge on any atom is -0.447 e. The summed E-state index contributed by atoms with van der Waals surface area (Å²) in [5, 5.41) is 11.3. The molecule has 0 N–H and O–H groups in total. The van der Waals surface area contributed by atoms with E-state index in [0.717, 1.165) is 19.3 Å². The van der Waals surface area contributed by atoms with Gasteiger partial charge in [0.05, 0.1) is 15.8 Å². The lowest BCUT2D eigenvalue weighted by atomic mass is 10.0. The predicted octanol–water partition coefficient (Wildman–Crippen LogP) is 2.59. The number of hydrogen-bond acceptors (Lipinski definition) is 6. The van der Waals surface area contributed by atoms with Crippen molar-refractivity contribution in [2.45, 2.75) is 38.7 Å². The number of ether oxygens (including phenoxy) is 1. The Morgan fingerprint density at radius 2 is 2.24 bits per heavy atom. The molecule has 0 atom stereocenters. The van der Waals surface area contributed by atoms with E-state index in [2.05, 4.69) is 4.98 Å². The summed E-state index contributed by atoms with van der Waals surface area (Å²) in [6, 6.07) is 2.69. The van der Waals surface area contributed by atoms with E-state index in [1.165, 1.54) is 12.1 Å². The van der Waals surface area contributed by atoms with Gasteiger partial charge in [0.1, 0.15) is 6.10 Å². The number of fused-ring (bicyclic) bond motifs is 1. The molecule has 0 amide bonds. The summed E-state index contributed by atoms with van der Waals surface area (Å²) in [7, 11) is 0. The molecule has 0 bridgehead atoms. The molecule has 0 radical (unpaired) electrons. The average Bonchev–Trinajstić information content (AvgIpc) is 3.22. The standard InChI is InChI=1S/C14H14N2O5/c1-2-3-8-6-9(16(18)19)7-11-12(8)13(17)21-14(15-11)20-10-4-5-10/h6-7,10H,2-5H2,1H3. The average molecular weight is 290 g/mol. The number of hydrogen-bond donors (Lipinski definition) is 0. The molecule has 1 aromatic carbocycles. The summed E-state index contributed by atoms with van der Waals surface area (Å²) in [4.78, 5) is 26.7. The molecule has 7 heteroatoms. The van der Waals surface area contributed by atoms with Crippen LogP contribution in [0.2, 0.25) is 0 Å². The Kier molecular flexibility index (Phi) is 3.32. The zero-order valence-corrected chi connectivity index (χ0v) is 11.5. The van der Waals surface area contributed by atoms with Gasteiger partial charge in [0, 0.05) is 12.1 Å². The molecule has 2 aromatic rings. The molecule has 7 nitrogen and oxygen atoms in total. The molecule has 0 spiro atoms. The quantitative estimate of drug-likeness (QED) is 0.620. The van der Waals surface area contributed by atoms with Crippen LogP contribution < -0.4 is 10.4 Å². The normalized spacial score (nSPS) is 14.3. The van der Waals surface area contributed by atoms with Gasteiger partial charge >= 0.3 is 11.7 Å². The van der Waals surface area contributed by atoms with Gasteiger partial charge < -0.3 is 9.15 Å². The Bertz CT molecular complexity index is 764. The number of aryl methyl sites for hydroxylation is 1. The molecule has 1 saturated carbocycles. The van der Waals surface area contributed by atoms with Crippen molar-refractivity contribution in [1.82, 2.24) is 4.98 Å². The summed E-state index contributed by atoms with van der Waals surface area (Å²) in [6.45, 7) is 1.93. The second kappa shape index (κ2) is 5.16. The van der Waals surface area contributed by atoms with Crippen molar-refractivity contribution in [3.05, 3.63) is 38.2 Å². The summed E-state index contributed by atoms with van der Waals surface area (Å²) < 4.78 is 10.4. The SMILES string of the molecule is CCCc1cc([N+](=O)[O-])cc2nc(OC3CC3)oc(=O)c12. The van der Waals surface area contributed by atoms with Crippen LogP contribution >= 0.6 is 0 Å². The summed E-state index contributed by atoms with van der Waals surface area (Å²) in [6.07, 6.45) is 3.03. The van der Waals surface area contributed by atoms with E-state index in [-0.39, 0.29) is 23.4 Å². The van der Waals surface area contributed by atoms with Gasteiger partial charge in [-0.05, 0) is 24.8 Å². The molecular weight excluding hydrogens is 276 g/mol. The maximum Gasteiger partial charge on any atom is 0.397 e. The van der Waals surface area contributed by atoms with E-state index >= 15 is 0 Å². The van der Waals surface area contributed by atoms with Crippen molar-refractivity contribution in [3.8, 4) is 6.08 Å². The van der Waals surface area contributed by atoms with Gasteiger partial charge in [-0.25, -0.2) is 4.79 Å². The third kappa shape index (κ3) is 2.72. The summed E-state index contributed by atoms with van der Waals surface area (Å²) in [5.41, 5.74) is 0.191. The van der Waals surface area contributed by atoms with Crippen molar-refractivity contribution in [1.29, 1.82) is 0 Å². The second-order valence-corrected chi connectivity index (χ2v) is 5.09. The molecule has 3 rings (SSSR count). The van der Waals surface area contributed by atoms with Gasteiger partial charge in [-0.3, -0.25) is 10.1 Å². The maximum atomic E-state index is 12.1. The molecule has 110 valence electrons. The third-order valence-electron chi connectivity index (χ3n) is 3.30. The molecule has 1 aliphatic rings. The predicted molar refractivity (Wildman–Crippen MR) is 74.6 cm³/mol. The first-order valence-corrected chi connectivity index (χ1v) is 6.87. The maximum absolute atomic E-state index is 12.1. The number of rotatable bonds is 5. The Morgan fingerprint density at radius 3 is 2.86 bits per heavy atom. The topological polar surface area (TPSA) is 95.5 Å². The van der Waals surface area contributed by atoms with Gasteiger partial charge in [0.15, 0.2) is 0 Å². The zero-order valence-electron chi connectivity index (χ0n) is 11.5. The lowest BCUT2D eigenvalue weighted by molar-refractivity contribution is -0.384. The Labute approximate surface area is 119 Å². The zero-order chi connectivity index (χ0) is 15.0. The fourth-order valence-electron chi connectivity index (χ4n) is 2.20. The molecule has 1 fully saturated rings. The Balaban J connectivity index is 2.19. The highest BCUT2D eigenvalue weighted by Gasteiger charge is 2.26. The van der Waals surface area contributed by atoms with Gasteiger partial charge in [-0.15, -0.1) is 0 Å². The van der Waals surface area contributed by atoms with E-state index in [9.17, 15) is 14.9 Å². The number of benzene rings is 1. The Hall–Kier alpha value is -2.44. The minimum atomic E-state index is -0.561. The fraction of sp³-hybridized carbons (Fsp3) is 0.429. The van der Waals surface area contributed by atoms with Crippen molar-refractivity contribution in [2.75, 3.05) is 0 Å². The molecule has 1 aromatic heterocycles. The molecule has 21 heavy (non-hydrogen) atoms. The number of non-ortho nitro benzene ring substituents is 1. The third-order valence-corrected chi connectivity index (χ3v) is 3.30. The highest BCUT2D eigenvalue weighted by Crippen LogP contribution is 2.28. The first-order valence-electron chi connectivity index (χ1n) is 6.87. The molecule has 0 aliphatic heterocycles. The van der Waals surface area contributed by atoms with Crippen LogP contribution in [-0.2, 0) is 6.42 Å². The van der Waals surface area contributed by atoms with Gasteiger partial charge in [0.25, 0.3) is 5.69 Å². The van der Waals surface area contributed by atoms with Crippen LogP contribution in [0.15, 0.2) is 21.3 Å². The van der Waals surface area contributed by atoms with Crippen LogP contribution in [0.1, 0.15) is 31.7 Å². The van der Waals surface area contributed by atoms with E-state index in [1.54, 1.807) is 0 Å².